The molecule has 1 aromatic carbocycles. The average molecular weight is 392 g/mol. The Labute approximate surface area is 163 Å². The minimum absolute atomic E-state index is 0.0565. The van der Waals surface area contributed by atoms with Crippen molar-refractivity contribution in [3.8, 4) is 0 Å². The first-order valence-electron chi connectivity index (χ1n) is 9.38. The molecule has 0 bridgehead atoms. The third kappa shape index (κ3) is 3.98. The highest BCUT2D eigenvalue weighted by atomic mass is 35.5. The molecule has 26 heavy (non-hydrogen) atoms. The molecular formula is C20H23Cl2N3O. The first-order valence-corrected chi connectivity index (χ1v) is 10.1. The fourth-order valence-corrected chi connectivity index (χ4v) is 4.75. The van der Waals surface area contributed by atoms with Crippen LogP contribution in [-0.2, 0) is 19.5 Å². The van der Waals surface area contributed by atoms with E-state index in [2.05, 4.69) is 9.88 Å². The summed E-state index contributed by atoms with van der Waals surface area (Å²) < 4.78 is 0. The highest BCUT2D eigenvalue weighted by Crippen LogP contribution is 2.31. The van der Waals surface area contributed by atoms with Crippen molar-refractivity contribution in [1.29, 1.82) is 0 Å². The lowest BCUT2D eigenvalue weighted by Crippen LogP contribution is -2.35. The van der Waals surface area contributed by atoms with Crippen LogP contribution in [0.5, 0.6) is 0 Å². The van der Waals surface area contributed by atoms with Gasteiger partial charge < -0.3 is 4.98 Å². The van der Waals surface area contributed by atoms with Crippen molar-refractivity contribution in [2.24, 2.45) is 0 Å². The minimum atomic E-state index is 0.0565. The van der Waals surface area contributed by atoms with Crippen molar-refractivity contribution in [1.82, 2.24) is 14.9 Å². The van der Waals surface area contributed by atoms with Crippen LogP contribution in [0, 0.1) is 0 Å². The van der Waals surface area contributed by atoms with Gasteiger partial charge in [-0.15, -0.1) is 0 Å². The van der Waals surface area contributed by atoms with Crippen LogP contribution < -0.4 is 5.56 Å². The minimum Gasteiger partial charge on any atom is -0.310 e. The molecular weight excluding hydrogens is 369 g/mol. The summed E-state index contributed by atoms with van der Waals surface area (Å²) in [6.45, 7) is 2.29. The summed E-state index contributed by atoms with van der Waals surface area (Å²) in [4.78, 5) is 22.8. The molecule has 138 valence electrons. The third-order valence-corrected chi connectivity index (χ3v) is 5.93. The number of nitrogens with zero attached hydrogens (tertiary/aromatic N) is 2. The van der Waals surface area contributed by atoms with Gasteiger partial charge in [0.15, 0.2) is 0 Å². The monoisotopic (exact) mass is 391 g/mol. The van der Waals surface area contributed by atoms with Crippen LogP contribution in [0.4, 0.5) is 0 Å². The molecule has 0 spiro atoms. The van der Waals surface area contributed by atoms with Gasteiger partial charge >= 0.3 is 0 Å². The summed E-state index contributed by atoms with van der Waals surface area (Å²) in [7, 11) is 0. The Morgan fingerprint density at radius 2 is 1.85 bits per heavy atom. The second kappa shape index (κ2) is 7.71. The smallest absolute Gasteiger partial charge is 0.254 e. The number of benzene rings is 1. The molecule has 1 fully saturated rings. The molecule has 1 aliphatic carbocycles. The Kier molecular flexibility index (Phi) is 5.35. The van der Waals surface area contributed by atoms with E-state index in [9.17, 15) is 4.79 Å². The van der Waals surface area contributed by atoms with Gasteiger partial charge in [0, 0.05) is 41.2 Å². The first-order chi connectivity index (χ1) is 12.6. The van der Waals surface area contributed by atoms with Crippen molar-refractivity contribution >= 4 is 23.2 Å². The summed E-state index contributed by atoms with van der Waals surface area (Å²) >= 11 is 12.2. The Balaban J connectivity index is 1.55. The van der Waals surface area contributed by atoms with E-state index in [-0.39, 0.29) is 5.56 Å². The van der Waals surface area contributed by atoms with Crippen molar-refractivity contribution in [3.05, 3.63) is 61.2 Å². The second-order valence-electron chi connectivity index (χ2n) is 7.45. The highest BCUT2D eigenvalue weighted by Gasteiger charge is 2.24. The first kappa shape index (κ1) is 18.0. The predicted molar refractivity (Wildman–Crippen MR) is 105 cm³/mol. The molecule has 0 unspecified atom stereocenters. The third-order valence-electron chi connectivity index (χ3n) is 5.49. The normalized spacial score (nSPS) is 18.7. The molecule has 1 N–H and O–H groups in total. The maximum atomic E-state index is 12.5. The van der Waals surface area contributed by atoms with Crippen LogP contribution in [0.2, 0.25) is 10.0 Å². The predicted octanol–water partition coefficient (Wildman–Crippen LogP) is 4.68. The molecule has 4 rings (SSSR count). The molecule has 1 saturated carbocycles. The van der Waals surface area contributed by atoms with E-state index >= 15 is 0 Å². The zero-order valence-corrected chi connectivity index (χ0v) is 16.2. The lowest BCUT2D eigenvalue weighted by Gasteiger charge is -2.29. The van der Waals surface area contributed by atoms with Gasteiger partial charge in [0.05, 0.1) is 5.69 Å². The average Bonchev–Trinajstić information content (AvgIpc) is 2.61. The fraction of sp³-hybridized carbons (Fsp3) is 0.500. The van der Waals surface area contributed by atoms with Crippen LogP contribution in [0.1, 0.15) is 60.7 Å². The van der Waals surface area contributed by atoms with Crippen molar-refractivity contribution < 1.29 is 0 Å². The van der Waals surface area contributed by atoms with Gasteiger partial charge in [-0.3, -0.25) is 9.69 Å². The van der Waals surface area contributed by atoms with Crippen LogP contribution in [-0.4, -0.2) is 21.4 Å². The number of aromatic amines is 1. The van der Waals surface area contributed by atoms with Crippen molar-refractivity contribution in [2.75, 3.05) is 6.54 Å². The standard InChI is InChI=1S/C20H23Cl2N3O/c21-15-8-13(9-16(22)10-15)11-25-7-6-17-18(12-25)23-19(24-20(17)26)14-4-2-1-3-5-14/h8-10,14H,1-7,11-12H2,(H,23,24,26). The van der Waals surface area contributed by atoms with Gasteiger partial charge in [0.2, 0.25) is 0 Å². The summed E-state index contributed by atoms with van der Waals surface area (Å²) in [5.74, 6) is 1.30. The Morgan fingerprint density at radius 3 is 2.58 bits per heavy atom. The van der Waals surface area contributed by atoms with E-state index in [1.54, 1.807) is 6.07 Å². The Morgan fingerprint density at radius 1 is 1.12 bits per heavy atom. The number of rotatable bonds is 3. The lowest BCUT2D eigenvalue weighted by molar-refractivity contribution is 0.239. The largest absolute Gasteiger partial charge is 0.310 e. The summed E-state index contributed by atoms with van der Waals surface area (Å²) in [5.41, 5.74) is 2.93. The van der Waals surface area contributed by atoms with E-state index in [0.29, 0.717) is 22.5 Å². The van der Waals surface area contributed by atoms with Crippen molar-refractivity contribution in [3.63, 3.8) is 0 Å². The second-order valence-corrected chi connectivity index (χ2v) is 8.32. The summed E-state index contributed by atoms with van der Waals surface area (Å²) in [6.07, 6.45) is 6.75. The molecule has 6 heteroatoms. The Hall–Kier alpha value is -1.36. The zero-order chi connectivity index (χ0) is 18.1. The van der Waals surface area contributed by atoms with Gasteiger partial charge in [-0.2, -0.15) is 0 Å². The maximum Gasteiger partial charge on any atom is 0.254 e. The topological polar surface area (TPSA) is 49.0 Å². The molecule has 0 radical (unpaired) electrons. The van der Waals surface area contributed by atoms with E-state index in [1.165, 1.54) is 19.3 Å². The van der Waals surface area contributed by atoms with E-state index in [1.807, 2.05) is 12.1 Å². The quantitative estimate of drug-likeness (QED) is 0.825. The summed E-state index contributed by atoms with van der Waals surface area (Å²) in [6, 6.07) is 5.64. The number of nitrogens with one attached hydrogen (secondary N) is 1. The SMILES string of the molecule is O=c1[nH]c(C2CCCCC2)nc2c1CCN(Cc1cc(Cl)cc(Cl)c1)C2. The number of aromatic nitrogens is 2. The van der Waals surface area contributed by atoms with Crippen LogP contribution >= 0.6 is 23.2 Å². The van der Waals surface area contributed by atoms with Gasteiger partial charge in [0.1, 0.15) is 5.82 Å². The highest BCUT2D eigenvalue weighted by molar-refractivity contribution is 6.34. The number of halogens is 2. The molecule has 2 heterocycles. The van der Waals surface area contributed by atoms with Crippen LogP contribution in [0.25, 0.3) is 0 Å². The van der Waals surface area contributed by atoms with Gasteiger partial charge in [-0.05, 0) is 43.0 Å². The van der Waals surface area contributed by atoms with Crippen LogP contribution in [0.15, 0.2) is 23.0 Å². The Bertz CT molecular complexity index is 838. The maximum absolute atomic E-state index is 12.5. The zero-order valence-electron chi connectivity index (χ0n) is 14.7. The number of H-pyrrole nitrogens is 1. The van der Waals surface area contributed by atoms with Gasteiger partial charge in [-0.25, -0.2) is 4.98 Å². The van der Waals surface area contributed by atoms with Gasteiger partial charge in [0.25, 0.3) is 5.56 Å². The number of fused-ring (bicyclic) bond motifs is 1. The molecule has 0 atom stereocenters. The number of hydrogen-bond acceptors (Lipinski definition) is 3. The van der Waals surface area contributed by atoms with E-state index in [4.69, 9.17) is 28.2 Å². The molecule has 1 aliphatic heterocycles. The molecule has 2 aliphatic rings. The lowest BCUT2D eigenvalue weighted by atomic mass is 9.88. The van der Waals surface area contributed by atoms with Gasteiger partial charge in [-0.1, -0.05) is 42.5 Å². The summed E-state index contributed by atoms with van der Waals surface area (Å²) in [5, 5.41) is 1.30. The molecule has 0 amide bonds. The molecule has 4 nitrogen and oxygen atoms in total. The fourth-order valence-electron chi connectivity index (χ4n) is 4.18. The number of hydrogen-bond donors (Lipinski definition) is 1. The molecule has 2 aromatic rings. The molecule has 1 aromatic heterocycles. The van der Waals surface area contributed by atoms with E-state index in [0.717, 1.165) is 55.0 Å². The van der Waals surface area contributed by atoms with Crippen LogP contribution in [0.3, 0.4) is 0 Å². The van der Waals surface area contributed by atoms with E-state index < -0.39 is 0 Å². The molecule has 0 saturated heterocycles. The van der Waals surface area contributed by atoms with Crippen molar-refractivity contribution in [2.45, 2.75) is 57.5 Å².